The molecule has 12 heteroatoms. The molecular formula is C44H22N8S4. The van der Waals surface area contributed by atoms with Gasteiger partial charge in [-0.15, -0.1) is 45.3 Å². The van der Waals surface area contributed by atoms with E-state index in [0.29, 0.717) is 42.3 Å². The van der Waals surface area contributed by atoms with Crippen molar-refractivity contribution in [3.63, 3.8) is 0 Å². The van der Waals surface area contributed by atoms with Gasteiger partial charge in [-0.3, -0.25) is 10.8 Å². The minimum atomic E-state index is 0.0280. The fourth-order valence-electron chi connectivity index (χ4n) is 6.16. The summed E-state index contributed by atoms with van der Waals surface area (Å²) < 4.78 is 2.95. The molecule has 8 nitrogen and oxygen atoms in total. The molecular weight excluding hydrogens is 769 g/mol. The van der Waals surface area contributed by atoms with Gasteiger partial charge >= 0.3 is 0 Å². The Hall–Kier alpha value is -7.16. The van der Waals surface area contributed by atoms with Crippen LogP contribution in [-0.4, -0.2) is 21.4 Å². The van der Waals surface area contributed by atoms with Gasteiger partial charge in [0.1, 0.15) is 46.1 Å². The molecule has 0 atom stereocenters. The van der Waals surface area contributed by atoms with E-state index in [4.69, 9.17) is 9.97 Å². The average Bonchev–Trinajstić information content (AvgIpc) is 4.07. The van der Waals surface area contributed by atoms with Crippen LogP contribution in [-0.2, 0) is 0 Å². The average molecular weight is 791 g/mol. The fourth-order valence-corrected chi connectivity index (χ4v) is 10.1. The molecule has 5 heterocycles. The maximum atomic E-state index is 9.51. The van der Waals surface area contributed by atoms with Gasteiger partial charge in [0, 0.05) is 50.8 Å². The van der Waals surface area contributed by atoms with E-state index in [9.17, 15) is 31.9 Å². The molecule has 0 fully saturated rings. The third-order valence-electron chi connectivity index (χ3n) is 8.72. The summed E-state index contributed by atoms with van der Waals surface area (Å²) in [5.41, 5.74) is 4.26. The van der Waals surface area contributed by atoms with Crippen LogP contribution in [0.2, 0.25) is 0 Å². The van der Waals surface area contributed by atoms with Crippen molar-refractivity contribution >= 4 is 91.2 Å². The number of hydrogen-bond donors (Lipinski definition) is 2. The largest absolute Gasteiger partial charge is 0.298 e. The molecule has 0 saturated carbocycles. The van der Waals surface area contributed by atoms with Crippen LogP contribution in [0.5, 0.6) is 0 Å². The topological polar surface area (TPSA) is 169 Å². The molecule has 2 N–H and O–H groups in total. The predicted octanol–water partition coefficient (Wildman–Crippen LogP) is 5.56. The zero-order valence-electron chi connectivity index (χ0n) is 28.9. The number of nitriles is 4. The van der Waals surface area contributed by atoms with E-state index in [0.717, 1.165) is 39.7 Å². The third-order valence-corrected chi connectivity index (χ3v) is 12.9. The third kappa shape index (κ3) is 6.74. The number of hydrogen-bond acceptors (Lipinski definition) is 12. The van der Waals surface area contributed by atoms with Crippen molar-refractivity contribution in [1.29, 1.82) is 31.9 Å². The maximum absolute atomic E-state index is 9.51. The van der Waals surface area contributed by atoms with Crippen molar-refractivity contribution in [1.82, 2.24) is 9.97 Å². The second-order valence-corrected chi connectivity index (χ2v) is 16.6. The lowest BCUT2D eigenvalue weighted by molar-refractivity contribution is 1.10. The summed E-state index contributed by atoms with van der Waals surface area (Å²) in [6.07, 6.45) is 3.95. The van der Waals surface area contributed by atoms with Crippen molar-refractivity contribution in [2.75, 3.05) is 0 Å². The van der Waals surface area contributed by atoms with Gasteiger partial charge in [-0.1, -0.05) is 60.7 Å². The minimum Gasteiger partial charge on any atom is -0.298 e. The lowest BCUT2D eigenvalue weighted by atomic mass is 9.91. The normalized spacial score (nSPS) is 12.8. The van der Waals surface area contributed by atoms with Crippen molar-refractivity contribution < 1.29 is 0 Å². The van der Waals surface area contributed by atoms with Crippen LogP contribution in [0.3, 0.4) is 0 Å². The van der Waals surface area contributed by atoms with Crippen LogP contribution < -0.4 is 28.8 Å². The molecule has 2 aromatic carbocycles. The smallest absolute Gasteiger partial charge is 0.146 e. The van der Waals surface area contributed by atoms with E-state index in [2.05, 4.69) is 0 Å². The van der Waals surface area contributed by atoms with Gasteiger partial charge in [0.2, 0.25) is 0 Å². The number of thiophene rings is 4. The maximum Gasteiger partial charge on any atom is 0.146 e. The van der Waals surface area contributed by atoms with Crippen LogP contribution in [0.25, 0.3) is 57.0 Å². The van der Waals surface area contributed by atoms with Gasteiger partial charge in [-0.05, 0) is 60.7 Å². The highest BCUT2D eigenvalue weighted by Crippen LogP contribution is 2.32. The summed E-state index contributed by atoms with van der Waals surface area (Å²) in [5.74, 6) is 0. The molecule has 262 valence electrons. The van der Waals surface area contributed by atoms with Crippen LogP contribution in [0, 0.1) is 56.1 Å². The Morgan fingerprint density at radius 2 is 0.875 bits per heavy atom. The molecule has 0 spiro atoms. The van der Waals surface area contributed by atoms with Crippen molar-refractivity contribution in [2.24, 2.45) is 0 Å². The van der Waals surface area contributed by atoms with Crippen LogP contribution >= 0.6 is 45.3 Å². The Kier molecular flexibility index (Phi) is 9.79. The molecule has 0 unspecified atom stereocenters. The van der Waals surface area contributed by atoms with Gasteiger partial charge in [0.25, 0.3) is 0 Å². The molecule has 1 aliphatic rings. The Bertz CT molecular complexity index is 3080. The highest BCUT2D eigenvalue weighted by molar-refractivity contribution is 7.16. The second kappa shape index (κ2) is 15.3. The number of fused-ring (bicyclic) bond motifs is 1. The number of aromatic nitrogens is 2. The van der Waals surface area contributed by atoms with Gasteiger partial charge < -0.3 is 0 Å². The van der Waals surface area contributed by atoms with E-state index in [1.807, 2.05) is 133 Å². The van der Waals surface area contributed by atoms with Crippen LogP contribution in [0.15, 0.2) is 109 Å². The summed E-state index contributed by atoms with van der Waals surface area (Å²) in [6, 6.07) is 42.5. The van der Waals surface area contributed by atoms with Gasteiger partial charge in [-0.25, -0.2) is 9.97 Å². The zero-order valence-corrected chi connectivity index (χ0v) is 32.1. The lowest BCUT2D eigenvalue weighted by Crippen LogP contribution is -2.45. The van der Waals surface area contributed by atoms with E-state index < -0.39 is 0 Å². The van der Waals surface area contributed by atoms with Crippen LogP contribution in [0.4, 0.5) is 0 Å². The molecule has 0 aliphatic heterocycles. The number of nitrogens with zero attached hydrogens (tertiary/aromatic N) is 6. The van der Waals surface area contributed by atoms with E-state index >= 15 is 0 Å². The molecule has 8 rings (SSSR count). The van der Waals surface area contributed by atoms with Crippen LogP contribution in [0.1, 0.15) is 19.5 Å². The first kappa shape index (κ1) is 35.8. The number of benzene rings is 2. The van der Waals surface area contributed by atoms with Gasteiger partial charge in [0.05, 0.1) is 31.9 Å². The quantitative estimate of drug-likeness (QED) is 0.224. The first-order valence-corrected chi connectivity index (χ1v) is 20.1. The molecule has 0 amide bonds. The summed E-state index contributed by atoms with van der Waals surface area (Å²) in [7, 11) is 0. The molecule has 0 radical (unpaired) electrons. The standard InChI is InChI=1S/C44H22N8S4/c45-21-27(22-46)33-15-11-29(53-33)19-31-13-17-35(55-31)37-39(49)40(50)38(36-18-14-32(56-36)20-30-12-16-34(54-30)28(23-47)24-48)44-43(37)51-41(25-7-3-1-4-8-25)42(52-44)26-9-5-2-6-10-26/h1-20,49-50H/b29-19-,30-20-,49-39?,50-40?. The second-order valence-electron chi connectivity index (χ2n) is 12.1. The Labute approximate surface area is 335 Å². The van der Waals surface area contributed by atoms with Gasteiger partial charge in [0.15, 0.2) is 0 Å². The summed E-state index contributed by atoms with van der Waals surface area (Å²) >= 11 is 5.64. The van der Waals surface area contributed by atoms with E-state index in [1.54, 1.807) is 12.1 Å². The summed E-state index contributed by atoms with van der Waals surface area (Å²) in [6.45, 7) is 0. The summed E-state index contributed by atoms with van der Waals surface area (Å²) in [5, 5.41) is 57.3. The Morgan fingerprint density at radius 3 is 1.25 bits per heavy atom. The predicted molar refractivity (Wildman–Crippen MR) is 225 cm³/mol. The highest BCUT2D eigenvalue weighted by Gasteiger charge is 2.29. The Morgan fingerprint density at radius 1 is 0.482 bits per heavy atom. The van der Waals surface area contributed by atoms with Gasteiger partial charge in [-0.2, -0.15) is 21.0 Å². The van der Waals surface area contributed by atoms with E-state index in [1.165, 1.54) is 45.3 Å². The van der Waals surface area contributed by atoms with Crippen molar-refractivity contribution in [2.45, 2.75) is 0 Å². The van der Waals surface area contributed by atoms with Crippen molar-refractivity contribution in [3.8, 4) is 46.8 Å². The molecule has 0 saturated heterocycles. The molecule has 56 heavy (non-hydrogen) atoms. The molecule has 5 aromatic heterocycles. The number of nitrogens with one attached hydrogen (secondary N) is 2. The molecule has 1 aliphatic carbocycles. The fraction of sp³-hybridized carbons (Fsp3) is 0. The molecule has 0 bridgehead atoms. The summed E-state index contributed by atoms with van der Waals surface area (Å²) in [4.78, 5) is 14.0. The monoisotopic (exact) mass is 790 g/mol. The first-order chi connectivity index (χ1) is 27.4. The Balaban J connectivity index is 1.39. The number of rotatable bonds is 6. The highest BCUT2D eigenvalue weighted by atomic mass is 32.1. The minimum absolute atomic E-state index is 0.0280. The zero-order chi connectivity index (χ0) is 38.8. The van der Waals surface area contributed by atoms with Crippen molar-refractivity contribution in [3.05, 3.63) is 158 Å². The SMILES string of the molecule is N#CC(C#N)=c1cc/c(=C/c2ccc(C3=c4nc(-c5ccccc5)c(-c5ccccc5)nc4=C(c4ccc(/C=c5/ccc(=C(C#N)C#N)s5)s4)C(=N)C3=N)s2)s1. The van der Waals surface area contributed by atoms with E-state index in [-0.39, 0.29) is 22.6 Å². The molecule has 7 aromatic rings. The first-order valence-electron chi connectivity index (χ1n) is 16.8. The lowest BCUT2D eigenvalue weighted by Gasteiger charge is -2.19.